The fourth-order valence-electron chi connectivity index (χ4n) is 3.84. The molecule has 1 N–H and O–H groups in total. The van der Waals surface area contributed by atoms with Crippen LogP contribution in [0.5, 0.6) is 0 Å². The average molecular weight is 377 g/mol. The van der Waals surface area contributed by atoms with Crippen molar-refractivity contribution in [3.63, 3.8) is 0 Å². The van der Waals surface area contributed by atoms with Crippen molar-refractivity contribution in [1.82, 2.24) is 10.2 Å². The smallest absolute Gasteiger partial charge is 0.225 e. The minimum Gasteiger partial charge on any atom is -0.383 e. The average Bonchev–Trinajstić information content (AvgIpc) is 2.68. The minimum atomic E-state index is -0.206. The molecular weight excluding hydrogens is 349 g/mol. The molecule has 2 amide bonds. The summed E-state index contributed by atoms with van der Waals surface area (Å²) in [5.41, 5.74) is 0.627. The maximum Gasteiger partial charge on any atom is 0.225 e. The fourth-order valence-corrected chi connectivity index (χ4v) is 3.84. The van der Waals surface area contributed by atoms with Crippen molar-refractivity contribution in [1.29, 1.82) is 0 Å². The Morgan fingerprint density at radius 2 is 2.00 bits per heavy atom. The van der Waals surface area contributed by atoms with Gasteiger partial charge in [0.1, 0.15) is 5.82 Å². The van der Waals surface area contributed by atoms with E-state index >= 15 is 0 Å². The van der Waals surface area contributed by atoms with E-state index in [1.54, 1.807) is 24.1 Å². The monoisotopic (exact) mass is 377 g/mol. The van der Waals surface area contributed by atoms with Gasteiger partial charge >= 0.3 is 0 Å². The summed E-state index contributed by atoms with van der Waals surface area (Å²) in [7, 11) is 1.60. The maximum absolute atomic E-state index is 13.9. The zero-order valence-corrected chi connectivity index (χ0v) is 15.8. The molecule has 2 saturated heterocycles. The molecule has 7 heteroatoms. The predicted molar refractivity (Wildman–Crippen MR) is 101 cm³/mol. The number of rotatable bonds is 6. The van der Waals surface area contributed by atoms with Crippen LogP contribution in [0.15, 0.2) is 24.3 Å². The number of halogens is 1. The molecule has 6 nitrogen and oxygen atoms in total. The molecule has 0 spiro atoms. The molecular formula is C20H28FN3O3. The van der Waals surface area contributed by atoms with Crippen molar-refractivity contribution in [3.8, 4) is 0 Å². The standard InChI is InChI=1S/C20H28FN3O3/c1-27-13-12-24-14-15(6-7-19(24)25)20(26)22-16-8-10-23(11-9-16)18-5-3-2-4-17(18)21/h2-5,15-16H,6-14H2,1H3,(H,22,26)/t15-/m0/s1. The molecule has 0 aromatic heterocycles. The molecule has 0 saturated carbocycles. The number of piperidine rings is 2. The number of carbonyl (C=O) groups is 2. The van der Waals surface area contributed by atoms with Gasteiger partial charge in [0.2, 0.25) is 11.8 Å². The van der Waals surface area contributed by atoms with Gasteiger partial charge in [0.25, 0.3) is 0 Å². The SMILES string of the molecule is COCCN1C[C@@H](C(=O)NC2CCN(c3ccccc3F)CC2)CCC1=O. The first-order chi connectivity index (χ1) is 13.1. The first-order valence-electron chi connectivity index (χ1n) is 9.65. The van der Waals surface area contributed by atoms with E-state index in [0.717, 1.165) is 25.9 Å². The third-order valence-corrected chi connectivity index (χ3v) is 5.47. The van der Waals surface area contributed by atoms with Crippen molar-refractivity contribution < 1.29 is 18.7 Å². The molecule has 0 bridgehead atoms. The number of nitrogens with zero attached hydrogens (tertiary/aromatic N) is 2. The molecule has 2 aliphatic heterocycles. The Bertz CT molecular complexity index is 662. The van der Waals surface area contributed by atoms with Crippen molar-refractivity contribution in [2.45, 2.75) is 31.7 Å². The number of para-hydroxylation sites is 1. The van der Waals surface area contributed by atoms with E-state index in [4.69, 9.17) is 4.74 Å². The summed E-state index contributed by atoms with van der Waals surface area (Å²) in [6.07, 6.45) is 2.59. The van der Waals surface area contributed by atoms with E-state index in [-0.39, 0.29) is 29.6 Å². The highest BCUT2D eigenvalue weighted by Crippen LogP contribution is 2.24. The lowest BCUT2D eigenvalue weighted by Gasteiger charge is -2.36. The van der Waals surface area contributed by atoms with E-state index in [2.05, 4.69) is 5.32 Å². The van der Waals surface area contributed by atoms with Crippen LogP contribution in [0, 0.1) is 11.7 Å². The van der Waals surface area contributed by atoms with E-state index in [9.17, 15) is 14.0 Å². The van der Waals surface area contributed by atoms with E-state index in [1.165, 1.54) is 6.07 Å². The van der Waals surface area contributed by atoms with Crippen molar-refractivity contribution >= 4 is 17.5 Å². The predicted octanol–water partition coefficient (Wildman–Crippen LogP) is 1.80. The quantitative estimate of drug-likeness (QED) is 0.821. The summed E-state index contributed by atoms with van der Waals surface area (Å²) in [5, 5.41) is 3.14. The van der Waals surface area contributed by atoms with Crippen LogP contribution in [0.4, 0.5) is 10.1 Å². The van der Waals surface area contributed by atoms with Crippen LogP contribution >= 0.6 is 0 Å². The zero-order valence-electron chi connectivity index (χ0n) is 15.8. The Balaban J connectivity index is 1.48. The maximum atomic E-state index is 13.9. The molecule has 0 radical (unpaired) electrons. The summed E-state index contributed by atoms with van der Waals surface area (Å²) in [4.78, 5) is 28.4. The highest BCUT2D eigenvalue weighted by atomic mass is 19.1. The lowest BCUT2D eigenvalue weighted by molar-refractivity contribution is -0.139. The highest BCUT2D eigenvalue weighted by molar-refractivity contribution is 5.84. The van der Waals surface area contributed by atoms with Crippen LogP contribution in [-0.2, 0) is 14.3 Å². The molecule has 3 rings (SSSR count). The molecule has 1 aromatic rings. The van der Waals surface area contributed by atoms with Crippen LogP contribution in [0.3, 0.4) is 0 Å². The molecule has 1 aromatic carbocycles. The van der Waals surface area contributed by atoms with Crippen LogP contribution in [0.1, 0.15) is 25.7 Å². The van der Waals surface area contributed by atoms with E-state index in [0.29, 0.717) is 38.2 Å². The van der Waals surface area contributed by atoms with E-state index in [1.807, 2.05) is 11.0 Å². The fraction of sp³-hybridized carbons (Fsp3) is 0.600. The van der Waals surface area contributed by atoms with Crippen molar-refractivity contribution in [2.75, 3.05) is 44.8 Å². The third-order valence-electron chi connectivity index (χ3n) is 5.47. The molecule has 2 heterocycles. The number of hydrogen-bond acceptors (Lipinski definition) is 4. The van der Waals surface area contributed by atoms with Gasteiger partial charge in [-0.1, -0.05) is 12.1 Å². The van der Waals surface area contributed by atoms with Gasteiger partial charge in [-0.15, -0.1) is 0 Å². The summed E-state index contributed by atoms with van der Waals surface area (Å²) in [6.45, 7) is 2.90. The van der Waals surface area contributed by atoms with Crippen molar-refractivity contribution in [2.24, 2.45) is 5.92 Å². The normalized spacial score (nSPS) is 21.4. The summed E-state index contributed by atoms with van der Waals surface area (Å²) < 4.78 is 19.0. The Morgan fingerprint density at radius 1 is 1.26 bits per heavy atom. The van der Waals surface area contributed by atoms with Gasteiger partial charge in [-0.2, -0.15) is 0 Å². The van der Waals surface area contributed by atoms with Gasteiger partial charge in [0, 0.05) is 45.8 Å². The van der Waals surface area contributed by atoms with Gasteiger partial charge in [0.15, 0.2) is 0 Å². The third kappa shape index (κ3) is 4.97. The van der Waals surface area contributed by atoms with Gasteiger partial charge in [-0.3, -0.25) is 9.59 Å². The second-order valence-electron chi connectivity index (χ2n) is 7.29. The number of nitrogens with one attached hydrogen (secondary N) is 1. The Hall–Kier alpha value is -2.15. The molecule has 148 valence electrons. The molecule has 2 aliphatic rings. The molecule has 1 atom stereocenters. The van der Waals surface area contributed by atoms with Gasteiger partial charge in [-0.05, 0) is 31.4 Å². The van der Waals surface area contributed by atoms with Crippen LogP contribution in [0.25, 0.3) is 0 Å². The van der Waals surface area contributed by atoms with Gasteiger partial charge in [-0.25, -0.2) is 4.39 Å². The second kappa shape index (κ2) is 9.17. The lowest BCUT2D eigenvalue weighted by atomic mass is 9.95. The van der Waals surface area contributed by atoms with Crippen LogP contribution < -0.4 is 10.2 Å². The molecule has 27 heavy (non-hydrogen) atoms. The lowest BCUT2D eigenvalue weighted by Crippen LogP contribution is -2.50. The largest absolute Gasteiger partial charge is 0.383 e. The van der Waals surface area contributed by atoms with Gasteiger partial charge < -0.3 is 19.9 Å². The molecule has 2 fully saturated rings. The molecule has 0 unspecified atom stereocenters. The number of anilines is 1. The summed E-state index contributed by atoms with van der Waals surface area (Å²) >= 11 is 0. The topological polar surface area (TPSA) is 61.9 Å². The number of hydrogen-bond donors (Lipinski definition) is 1. The van der Waals surface area contributed by atoms with Crippen LogP contribution in [-0.4, -0.2) is 62.7 Å². The summed E-state index contributed by atoms with van der Waals surface area (Å²) in [5.74, 6) is -0.254. The molecule has 0 aliphatic carbocycles. The first kappa shape index (κ1) is 19.6. The summed E-state index contributed by atoms with van der Waals surface area (Å²) in [6, 6.07) is 6.90. The minimum absolute atomic E-state index is 0.0225. The zero-order chi connectivity index (χ0) is 19.2. The number of likely N-dealkylation sites (tertiary alicyclic amines) is 1. The Labute approximate surface area is 159 Å². The van der Waals surface area contributed by atoms with E-state index < -0.39 is 0 Å². The number of methoxy groups -OCH3 is 1. The number of carbonyl (C=O) groups excluding carboxylic acids is 2. The Morgan fingerprint density at radius 3 is 2.70 bits per heavy atom. The van der Waals surface area contributed by atoms with Gasteiger partial charge in [0.05, 0.1) is 18.2 Å². The highest BCUT2D eigenvalue weighted by Gasteiger charge is 2.31. The van der Waals surface area contributed by atoms with Crippen molar-refractivity contribution in [3.05, 3.63) is 30.1 Å². The van der Waals surface area contributed by atoms with Crippen LogP contribution in [0.2, 0.25) is 0 Å². The number of amides is 2. The Kier molecular flexibility index (Phi) is 6.66. The second-order valence-corrected chi connectivity index (χ2v) is 7.29. The first-order valence-corrected chi connectivity index (χ1v) is 9.65. The number of ether oxygens (including phenoxy) is 1. The number of benzene rings is 1.